The van der Waals surface area contributed by atoms with Gasteiger partial charge in [0, 0.05) is 10.8 Å². The summed E-state index contributed by atoms with van der Waals surface area (Å²) in [5.41, 5.74) is 1.11. The van der Waals surface area contributed by atoms with E-state index in [1.807, 2.05) is 18.3 Å². The fraction of sp³-hybridized carbons (Fsp3) is 0.273. The Labute approximate surface area is 77.6 Å². The van der Waals surface area contributed by atoms with Gasteiger partial charge in [0.1, 0.15) is 0 Å². The van der Waals surface area contributed by atoms with Crippen LogP contribution in [-0.4, -0.2) is 10.2 Å². The van der Waals surface area contributed by atoms with Crippen LogP contribution in [0.2, 0.25) is 0 Å². The van der Waals surface area contributed by atoms with E-state index in [4.69, 9.17) is 0 Å². The molecule has 0 bridgehead atoms. The highest BCUT2D eigenvalue weighted by Crippen LogP contribution is 2.15. The van der Waals surface area contributed by atoms with E-state index in [1.165, 1.54) is 10.8 Å². The van der Waals surface area contributed by atoms with E-state index in [2.05, 4.69) is 29.3 Å². The number of fused-ring (bicyclic) bond motifs is 1. The standard InChI is InChI=1S/C11H12N2/c1-2-5-11-10-7-4-3-6-9(10)8-12-13-11/h3-4,6-8H,2,5H2,1H3. The first kappa shape index (κ1) is 8.17. The zero-order valence-electron chi connectivity index (χ0n) is 7.70. The molecule has 66 valence electrons. The largest absolute Gasteiger partial charge is 0.158 e. The Bertz CT molecular complexity index is 404. The summed E-state index contributed by atoms with van der Waals surface area (Å²) in [6.45, 7) is 2.16. The summed E-state index contributed by atoms with van der Waals surface area (Å²) in [5.74, 6) is 0. The lowest BCUT2D eigenvalue weighted by Gasteiger charge is -2.01. The first-order valence-electron chi connectivity index (χ1n) is 4.61. The molecule has 13 heavy (non-hydrogen) atoms. The fourth-order valence-electron chi connectivity index (χ4n) is 1.51. The van der Waals surface area contributed by atoms with Crippen LogP contribution in [0.1, 0.15) is 19.0 Å². The van der Waals surface area contributed by atoms with Gasteiger partial charge in [-0.1, -0.05) is 37.6 Å². The number of aryl methyl sites for hydroxylation is 1. The molecular weight excluding hydrogens is 160 g/mol. The summed E-state index contributed by atoms with van der Waals surface area (Å²) in [6, 6.07) is 8.25. The molecule has 2 nitrogen and oxygen atoms in total. The smallest absolute Gasteiger partial charge is 0.0709 e. The van der Waals surface area contributed by atoms with Gasteiger partial charge >= 0.3 is 0 Å². The van der Waals surface area contributed by atoms with Crippen LogP contribution in [0.3, 0.4) is 0 Å². The molecule has 0 atom stereocenters. The monoisotopic (exact) mass is 172 g/mol. The van der Waals surface area contributed by atoms with Crippen LogP contribution in [0, 0.1) is 0 Å². The maximum atomic E-state index is 4.15. The third-order valence-electron chi connectivity index (χ3n) is 2.13. The van der Waals surface area contributed by atoms with Gasteiger partial charge in [-0.3, -0.25) is 0 Å². The Balaban J connectivity index is 2.61. The molecule has 0 spiro atoms. The highest BCUT2D eigenvalue weighted by atomic mass is 15.1. The maximum Gasteiger partial charge on any atom is 0.0709 e. The van der Waals surface area contributed by atoms with Gasteiger partial charge in [0.2, 0.25) is 0 Å². The summed E-state index contributed by atoms with van der Waals surface area (Å²) in [5, 5.41) is 10.5. The summed E-state index contributed by atoms with van der Waals surface area (Å²) < 4.78 is 0. The molecule has 0 aliphatic carbocycles. The first-order valence-corrected chi connectivity index (χ1v) is 4.61. The third kappa shape index (κ3) is 1.52. The first-order chi connectivity index (χ1) is 6.42. The van der Waals surface area contributed by atoms with Crippen molar-refractivity contribution in [1.82, 2.24) is 10.2 Å². The molecule has 0 radical (unpaired) electrons. The van der Waals surface area contributed by atoms with Crippen molar-refractivity contribution in [3.05, 3.63) is 36.2 Å². The molecule has 0 saturated carbocycles. The second kappa shape index (κ2) is 3.52. The van der Waals surface area contributed by atoms with Crippen LogP contribution in [0.25, 0.3) is 10.8 Å². The van der Waals surface area contributed by atoms with Gasteiger partial charge in [0.25, 0.3) is 0 Å². The molecular formula is C11H12N2. The number of hydrogen-bond acceptors (Lipinski definition) is 2. The van der Waals surface area contributed by atoms with E-state index < -0.39 is 0 Å². The van der Waals surface area contributed by atoms with Crippen molar-refractivity contribution < 1.29 is 0 Å². The molecule has 2 heteroatoms. The summed E-state index contributed by atoms with van der Waals surface area (Å²) in [7, 11) is 0. The predicted octanol–water partition coefficient (Wildman–Crippen LogP) is 2.58. The molecule has 1 heterocycles. The number of aromatic nitrogens is 2. The molecule has 0 N–H and O–H groups in total. The van der Waals surface area contributed by atoms with Crippen LogP contribution in [0.5, 0.6) is 0 Å². The second-order valence-electron chi connectivity index (χ2n) is 3.13. The zero-order valence-corrected chi connectivity index (χ0v) is 7.70. The van der Waals surface area contributed by atoms with Crippen LogP contribution in [0.4, 0.5) is 0 Å². The minimum atomic E-state index is 1.01. The Kier molecular flexibility index (Phi) is 2.21. The Morgan fingerprint density at radius 1 is 1.23 bits per heavy atom. The minimum absolute atomic E-state index is 1.01. The molecule has 0 fully saturated rings. The van der Waals surface area contributed by atoms with Crippen molar-refractivity contribution in [1.29, 1.82) is 0 Å². The predicted molar refractivity (Wildman–Crippen MR) is 53.5 cm³/mol. The Hall–Kier alpha value is -1.44. The van der Waals surface area contributed by atoms with Crippen molar-refractivity contribution in [2.24, 2.45) is 0 Å². The van der Waals surface area contributed by atoms with E-state index in [-0.39, 0.29) is 0 Å². The van der Waals surface area contributed by atoms with Gasteiger partial charge in [-0.05, 0) is 6.42 Å². The SMILES string of the molecule is CCCc1nncc2ccccc12. The van der Waals surface area contributed by atoms with Crippen LogP contribution < -0.4 is 0 Å². The van der Waals surface area contributed by atoms with E-state index in [9.17, 15) is 0 Å². The van der Waals surface area contributed by atoms with E-state index in [1.54, 1.807) is 0 Å². The quantitative estimate of drug-likeness (QED) is 0.695. The van der Waals surface area contributed by atoms with Gasteiger partial charge in [0.05, 0.1) is 11.9 Å². The van der Waals surface area contributed by atoms with E-state index in [0.29, 0.717) is 0 Å². The molecule has 0 amide bonds. The van der Waals surface area contributed by atoms with E-state index in [0.717, 1.165) is 18.5 Å². The molecule has 0 aliphatic heterocycles. The molecule has 1 aromatic heterocycles. The highest BCUT2D eigenvalue weighted by Gasteiger charge is 2.00. The molecule has 2 rings (SSSR count). The van der Waals surface area contributed by atoms with Crippen molar-refractivity contribution in [2.75, 3.05) is 0 Å². The van der Waals surface area contributed by atoms with Crippen LogP contribution in [0.15, 0.2) is 30.5 Å². The van der Waals surface area contributed by atoms with Crippen LogP contribution in [-0.2, 0) is 6.42 Å². The summed E-state index contributed by atoms with van der Waals surface area (Å²) >= 11 is 0. The number of hydrogen-bond donors (Lipinski definition) is 0. The minimum Gasteiger partial charge on any atom is -0.158 e. The molecule has 0 aliphatic rings. The van der Waals surface area contributed by atoms with Gasteiger partial charge in [0.15, 0.2) is 0 Å². The van der Waals surface area contributed by atoms with Gasteiger partial charge in [-0.15, -0.1) is 0 Å². The Morgan fingerprint density at radius 3 is 2.92 bits per heavy atom. The van der Waals surface area contributed by atoms with Crippen molar-refractivity contribution in [2.45, 2.75) is 19.8 Å². The van der Waals surface area contributed by atoms with Crippen LogP contribution >= 0.6 is 0 Å². The lowest BCUT2D eigenvalue weighted by atomic mass is 10.1. The van der Waals surface area contributed by atoms with Gasteiger partial charge in [-0.2, -0.15) is 10.2 Å². The molecule has 1 aromatic carbocycles. The van der Waals surface area contributed by atoms with Gasteiger partial charge in [-0.25, -0.2) is 0 Å². The lowest BCUT2D eigenvalue weighted by Crippen LogP contribution is -1.93. The molecule has 0 saturated heterocycles. The topological polar surface area (TPSA) is 25.8 Å². The summed E-state index contributed by atoms with van der Waals surface area (Å²) in [4.78, 5) is 0. The van der Waals surface area contributed by atoms with Crippen molar-refractivity contribution in [3.63, 3.8) is 0 Å². The molecule has 0 unspecified atom stereocenters. The average molecular weight is 172 g/mol. The maximum absolute atomic E-state index is 4.15. The second-order valence-corrected chi connectivity index (χ2v) is 3.13. The highest BCUT2D eigenvalue weighted by molar-refractivity contribution is 5.83. The van der Waals surface area contributed by atoms with Crippen molar-refractivity contribution in [3.8, 4) is 0 Å². The summed E-state index contributed by atoms with van der Waals surface area (Å²) in [6.07, 6.45) is 3.94. The average Bonchev–Trinajstić information content (AvgIpc) is 2.19. The normalized spacial score (nSPS) is 10.5. The van der Waals surface area contributed by atoms with Gasteiger partial charge < -0.3 is 0 Å². The third-order valence-corrected chi connectivity index (χ3v) is 2.13. The molecule has 2 aromatic rings. The number of rotatable bonds is 2. The van der Waals surface area contributed by atoms with Crippen molar-refractivity contribution >= 4 is 10.8 Å². The number of benzene rings is 1. The fourth-order valence-corrected chi connectivity index (χ4v) is 1.51. The number of nitrogens with zero attached hydrogens (tertiary/aromatic N) is 2. The van der Waals surface area contributed by atoms with E-state index >= 15 is 0 Å². The lowest BCUT2D eigenvalue weighted by molar-refractivity contribution is 0.852. The Morgan fingerprint density at radius 2 is 2.08 bits per heavy atom. The zero-order chi connectivity index (χ0) is 9.10.